The zero-order chi connectivity index (χ0) is 16.2. The number of amides is 1. The number of benzene rings is 1. The number of carbonyl (C=O) groups is 1. The van der Waals surface area contributed by atoms with Crippen molar-refractivity contribution in [3.8, 4) is 5.75 Å². The molecule has 1 aromatic carbocycles. The molecule has 1 heterocycles. The van der Waals surface area contributed by atoms with Crippen molar-refractivity contribution in [1.82, 2.24) is 4.90 Å². The number of nitrogens with one attached hydrogen (secondary N) is 1. The van der Waals surface area contributed by atoms with Crippen LogP contribution in [0.5, 0.6) is 5.75 Å². The Bertz CT molecular complexity index is 501. The molecule has 1 N–H and O–H groups in total. The first-order valence-electron chi connectivity index (χ1n) is 7.20. The van der Waals surface area contributed by atoms with Gasteiger partial charge in [0.05, 0.1) is 6.54 Å². The molecule has 1 aliphatic heterocycles. The predicted octanol–water partition coefficient (Wildman–Crippen LogP) is 3.95. The van der Waals surface area contributed by atoms with Crippen LogP contribution < -0.4 is 10.1 Å². The van der Waals surface area contributed by atoms with E-state index in [4.69, 9.17) is 0 Å². The van der Waals surface area contributed by atoms with Crippen molar-refractivity contribution in [3.05, 3.63) is 24.3 Å². The fourth-order valence-electron chi connectivity index (χ4n) is 2.36. The third-order valence-corrected chi connectivity index (χ3v) is 3.69. The maximum absolute atomic E-state index is 12.5. The Morgan fingerprint density at radius 2 is 1.91 bits per heavy atom. The molecule has 23 heavy (non-hydrogen) atoms. The van der Waals surface area contributed by atoms with Crippen molar-refractivity contribution < 1.29 is 18.3 Å². The molecule has 0 radical (unpaired) electrons. The van der Waals surface area contributed by atoms with Gasteiger partial charge in [-0.1, -0.05) is 6.92 Å². The summed E-state index contributed by atoms with van der Waals surface area (Å²) in [5, 5.41) is 2.73. The first-order valence-corrected chi connectivity index (χ1v) is 7.57. The van der Waals surface area contributed by atoms with E-state index in [1.54, 1.807) is 0 Å². The summed E-state index contributed by atoms with van der Waals surface area (Å²) in [6, 6.07) is 5.64. The largest absolute Gasteiger partial charge is 0.487 e. The van der Waals surface area contributed by atoms with Crippen LogP contribution >= 0.6 is 24.0 Å². The minimum Gasteiger partial charge on any atom is -0.420 e. The number of likely N-dealkylation sites (tertiary alicyclic amines) is 1. The van der Waals surface area contributed by atoms with Crippen molar-refractivity contribution in [2.24, 2.45) is 5.92 Å². The molecule has 1 amide bonds. The van der Waals surface area contributed by atoms with E-state index in [1.807, 2.05) is 0 Å². The van der Waals surface area contributed by atoms with Gasteiger partial charge in [-0.15, -0.1) is 21.2 Å². The molecule has 1 saturated heterocycles. The van der Waals surface area contributed by atoms with Crippen molar-refractivity contribution in [3.63, 3.8) is 0 Å². The Morgan fingerprint density at radius 1 is 1.35 bits per heavy atom. The summed E-state index contributed by atoms with van der Waals surface area (Å²) in [5.41, 5.74) is -3.21. The summed E-state index contributed by atoms with van der Waals surface area (Å²) >= 11 is 4.68. The molecule has 0 saturated carbocycles. The van der Waals surface area contributed by atoms with Crippen molar-refractivity contribution in [2.45, 2.75) is 25.3 Å². The standard InChI is InChI=1S/C15H19ClF2N2O2.ClH/c1-11-6-8-20(9-7-11)10-14(21)19-12-2-4-13(5-3-12)22-15(16,17)18;/h2-5,11H,6-10H2,1H3,(H,19,21);1H. The van der Waals surface area contributed by atoms with Gasteiger partial charge in [0, 0.05) is 17.3 Å². The second-order valence-corrected chi connectivity index (χ2v) is 6.02. The number of hydrogen-bond donors (Lipinski definition) is 1. The SMILES string of the molecule is CC1CCN(CC(=O)Nc2ccc(OC(F)(F)Cl)cc2)CC1.Cl. The van der Waals surface area contributed by atoms with Gasteiger partial charge < -0.3 is 10.1 Å². The monoisotopic (exact) mass is 368 g/mol. The van der Waals surface area contributed by atoms with Crippen molar-refractivity contribution >= 4 is 35.6 Å². The van der Waals surface area contributed by atoms with Crippen LogP contribution in [0.15, 0.2) is 24.3 Å². The van der Waals surface area contributed by atoms with Crippen molar-refractivity contribution in [1.29, 1.82) is 0 Å². The Morgan fingerprint density at radius 3 is 2.43 bits per heavy atom. The molecule has 0 aromatic heterocycles. The van der Waals surface area contributed by atoms with Crippen LogP contribution in [0.25, 0.3) is 0 Å². The number of anilines is 1. The summed E-state index contributed by atoms with van der Waals surface area (Å²) in [5.74, 6) is 0.529. The molecule has 0 aliphatic carbocycles. The Labute approximate surface area is 145 Å². The minimum atomic E-state index is -3.74. The Balaban J connectivity index is 0.00000264. The number of rotatable bonds is 5. The van der Waals surface area contributed by atoms with Gasteiger partial charge in [0.1, 0.15) is 5.75 Å². The Hall–Kier alpha value is -1.11. The number of alkyl halides is 3. The van der Waals surface area contributed by atoms with E-state index in [9.17, 15) is 13.6 Å². The third-order valence-electron chi connectivity index (χ3n) is 3.62. The van der Waals surface area contributed by atoms with Gasteiger partial charge >= 0.3 is 5.57 Å². The van der Waals surface area contributed by atoms with Crippen LogP contribution in [0.3, 0.4) is 0 Å². The fraction of sp³-hybridized carbons (Fsp3) is 0.533. The first-order chi connectivity index (χ1) is 10.3. The van der Waals surface area contributed by atoms with Gasteiger partial charge in [-0.3, -0.25) is 9.69 Å². The normalized spacial score (nSPS) is 16.5. The average molecular weight is 369 g/mol. The highest BCUT2D eigenvalue weighted by Crippen LogP contribution is 2.26. The van der Waals surface area contributed by atoms with E-state index in [-0.39, 0.29) is 24.1 Å². The number of hydrogen-bond acceptors (Lipinski definition) is 3. The highest BCUT2D eigenvalue weighted by molar-refractivity contribution is 6.20. The number of nitrogens with zero attached hydrogens (tertiary/aromatic N) is 1. The van der Waals surface area contributed by atoms with E-state index < -0.39 is 5.57 Å². The molecule has 1 fully saturated rings. The first kappa shape index (κ1) is 19.9. The predicted molar refractivity (Wildman–Crippen MR) is 88.6 cm³/mol. The highest BCUT2D eigenvalue weighted by Gasteiger charge is 2.27. The molecule has 130 valence electrons. The van der Waals surface area contributed by atoms with E-state index in [1.165, 1.54) is 24.3 Å². The van der Waals surface area contributed by atoms with E-state index in [0.717, 1.165) is 25.9 Å². The molecular weight excluding hydrogens is 349 g/mol. The summed E-state index contributed by atoms with van der Waals surface area (Å²) in [6.45, 7) is 4.40. The zero-order valence-corrected chi connectivity index (χ0v) is 14.3. The van der Waals surface area contributed by atoms with Crippen molar-refractivity contribution in [2.75, 3.05) is 25.0 Å². The van der Waals surface area contributed by atoms with Gasteiger partial charge in [-0.2, -0.15) is 0 Å². The lowest BCUT2D eigenvalue weighted by molar-refractivity contribution is -0.117. The van der Waals surface area contributed by atoms with Gasteiger partial charge in [-0.25, -0.2) is 0 Å². The van der Waals surface area contributed by atoms with Crippen LogP contribution in [0, 0.1) is 5.92 Å². The van der Waals surface area contributed by atoms with Crippen LogP contribution in [0.1, 0.15) is 19.8 Å². The summed E-state index contributed by atoms with van der Waals surface area (Å²) < 4.78 is 29.2. The minimum absolute atomic E-state index is 0. The molecule has 1 aromatic rings. The lowest BCUT2D eigenvalue weighted by Crippen LogP contribution is -2.38. The van der Waals surface area contributed by atoms with E-state index in [0.29, 0.717) is 18.2 Å². The lowest BCUT2D eigenvalue weighted by Gasteiger charge is -2.29. The molecule has 0 unspecified atom stereocenters. The molecule has 1 aliphatic rings. The number of ether oxygens (including phenoxy) is 1. The van der Waals surface area contributed by atoms with Gasteiger partial charge in [0.2, 0.25) is 5.91 Å². The van der Waals surface area contributed by atoms with E-state index in [2.05, 4.69) is 33.5 Å². The quantitative estimate of drug-likeness (QED) is 0.800. The average Bonchev–Trinajstić information content (AvgIpc) is 2.42. The van der Waals surface area contributed by atoms with Crippen LogP contribution in [-0.4, -0.2) is 36.0 Å². The highest BCUT2D eigenvalue weighted by atomic mass is 35.5. The molecule has 2 rings (SSSR count). The molecule has 0 atom stereocenters. The zero-order valence-electron chi connectivity index (χ0n) is 12.7. The number of piperidine rings is 1. The van der Waals surface area contributed by atoms with Gasteiger partial charge in [0.15, 0.2) is 0 Å². The molecule has 4 nitrogen and oxygen atoms in total. The number of halogens is 4. The van der Waals surface area contributed by atoms with Gasteiger partial charge in [0.25, 0.3) is 0 Å². The maximum Gasteiger partial charge on any atom is 0.487 e. The van der Waals surface area contributed by atoms with Crippen LogP contribution in [0.4, 0.5) is 14.5 Å². The smallest absolute Gasteiger partial charge is 0.420 e. The summed E-state index contributed by atoms with van der Waals surface area (Å²) in [7, 11) is 0. The maximum atomic E-state index is 12.5. The molecule has 0 bridgehead atoms. The molecular formula is C15H20Cl2F2N2O2. The third kappa shape index (κ3) is 7.33. The Kier molecular flexibility index (Phi) is 7.51. The topological polar surface area (TPSA) is 41.6 Å². The summed E-state index contributed by atoms with van der Waals surface area (Å²) in [4.78, 5) is 14.1. The second-order valence-electron chi connectivity index (χ2n) is 5.58. The number of carbonyl (C=O) groups excluding carboxylic acids is 1. The van der Waals surface area contributed by atoms with Crippen LogP contribution in [-0.2, 0) is 4.79 Å². The van der Waals surface area contributed by atoms with E-state index >= 15 is 0 Å². The van der Waals surface area contributed by atoms with Gasteiger partial charge in [-0.05, 0) is 56.1 Å². The molecule has 0 spiro atoms. The lowest BCUT2D eigenvalue weighted by atomic mass is 9.99. The van der Waals surface area contributed by atoms with Crippen LogP contribution in [0.2, 0.25) is 0 Å². The summed E-state index contributed by atoms with van der Waals surface area (Å²) in [6.07, 6.45) is 2.21. The molecule has 8 heteroatoms. The second kappa shape index (κ2) is 8.66. The fourth-order valence-corrected chi connectivity index (χ4v) is 2.45.